The van der Waals surface area contributed by atoms with E-state index in [0.717, 1.165) is 0 Å². The third-order valence-corrected chi connectivity index (χ3v) is 1.63. The van der Waals surface area contributed by atoms with E-state index < -0.39 is 0 Å². The van der Waals surface area contributed by atoms with Crippen LogP contribution in [-0.2, 0) is 0 Å². The van der Waals surface area contributed by atoms with Gasteiger partial charge < -0.3 is 21.9 Å². The van der Waals surface area contributed by atoms with Gasteiger partial charge in [-0.05, 0) is 12.1 Å². The van der Waals surface area contributed by atoms with Crippen LogP contribution in [-0.4, -0.2) is 18.5 Å². The van der Waals surface area contributed by atoms with Crippen molar-refractivity contribution in [2.45, 2.75) is 0 Å². The van der Waals surface area contributed by atoms with E-state index >= 15 is 0 Å². The summed E-state index contributed by atoms with van der Waals surface area (Å²) in [7, 11) is 0. The Labute approximate surface area is 99.2 Å². The normalized spacial score (nSPS) is 10.4. The van der Waals surface area contributed by atoms with Crippen LogP contribution in [0.4, 0.5) is 5.69 Å². The van der Waals surface area contributed by atoms with Crippen LogP contribution in [0.25, 0.3) is 0 Å². The number of terminal acetylenes is 1. The van der Waals surface area contributed by atoms with Gasteiger partial charge in [-0.1, -0.05) is 12.0 Å². The van der Waals surface area contributed by atoms with Gasteiger partial charge in [-0.15, -0.1) is 6.42 Å². The van der Waals surface area contributed by atoms with Gasteiger partial charge in [0, 0.05) is 6.07 Å². The first-order valence-corrected chi connectivity index (χ1v) is 4.72. The number of guanidine groups is 2. The summed E-state index contributed by atoms with van der Waals surface area (Å²) in [5, 5.41) is 0. The van der Waals surface area contributed by atoms with E-state index in [-0.39, 0.29) is 18.5 Å². The summed E-state index contributed by atoms with van der Waals surface area (Å²) in [4.78, 5) is 7.57. The molecule has 1 aromatic carbocycles. The molecule has 88 valence electrons. The van der Waals surface area contributed by atoms with Gasteiger partial charge in [0.25, 0.3) is 0 Å². The monoisotopic (exact) mass is 231 g/mol. The van der Waals surface area contributed by atoms with Gasteiger partial charge in [-0.25, -0.2) is 4.99 Å². The average molecular weight is 231 g/mol. The van der Waals surface area contributed by atoms with Crippen molar-refractivity contribution in [1.82, 2.24) is 0 Å². The maximum absolute atomic E-state index is 5.49. The summed E-state index contributed by atoms with van der Waals surface area (Å²) in [6.45, 7) is 0.191. The highest BCUT2D eigenvalue weighted by molar-refractivity contribution is 5.93. The highest BCUT2D eigenvalue weighted by Gasteiger charge is 1.96. The lowest BCUT2D eigenvalue weighted by Gasteiger charge is -2.02. The van der Waals surface area contributed by atoms with E-state index in [4.69, 9.17) is 28.4 Å². The van der Waals surface area contributed by atoms with E-state index in [0.29, 0.717) is 11.4 Å². The number of rotatable bonds is 3. The summed E-state index contributed by atoms with van der Waals surface area (Å²) in [5.74, 6) is 2.79. The number of nitrogens with zero attached hydrogens (tertiary/aromatic N) is 2. The second kappa shape index (κ2) is 6.02. The minimum Gasteiger partial charge on any atom is -0.481 e. The molecule has 1 aromatic rings. The average Bonchev–Trinajstić information content (AvgIpc) is 2.25. The Morgan fingerprint density at radius 3 is 2.76 bits per heavy atom. The van der Waals surface area contributed by atoms with Crippen molar-refractivity contribution >= 4 is 17.6 Å². The highest BCUT2D eigenvalue weighted by atomic mass is 16.5. The van der Waals surface area contributed by atoms with Crippen molar-refractivity contribution in [2.75, 3.05) is 6.61 Å². The van der Waals surface area contributed by atoms with Crippen LogP contribution in [0.2, 0.25) is 0 Å². The van der Waals surface area contributed by atoms with Crippen LogP contribution in [0, 0.1) is 12.3 Å². The Bertz CT molecular complexity index is 483. The predicted octanol–water partition coefficient (Wildman–Crippen LogP) is -0.0818. The second-order valence-corrected chi connectivity index (χ2v) is 3.00. The minimum atomic E-state index is -0.147. The lowest BCUT2D eigenvalue weighted by molar-refractivity contribution is 0.370. The highest BCUT2D eigenvalue weighted by Crippen LogP contribution is 2.19. The fourth-order valence-electron chi connectivity index (χ4n) is 1.06. The van der Waals surface area contributed by atoms with Crippen LogP contribution in [0.15, 0.2) is 34.3 Å². The fraction of sp³-hybridized carbons (Fsp3) is 0.0909. The molecule has 0 radical (unpaired) electrons. The van der Waals surface area contributed by atoms with Gasteiger partial charge in [-0.2, -0.15) is 4.99 Å². The lowest BCUT2D eigenvalue weighted by Crippen LogP contribution is -2.26. The van der Waals surface area contributed by atoms with Crippen molar-refractivity contribution in [1.29, 1.82) is 0 Å². The zero-order valence-electron chi connectivity index (χ0n) is 9.13. The molecule has 0 spiro atoms. The smallest absolute Gasteiger partial charge is 0.223 e. The first kappa shape index (κ1) is 12.4. The van der Waals surface area contributed by atoms with E-state index in [2.05, 4.69) is 15.9 Å². The Kier molecular flexibility index (Phi) is 4.39. The Balaban J connectivity index is 2.85. The molecule has 0 fully saturated rings. The van der Waals surface area contributed by atoms with Gasteiger partial charge in [0.05, 0.1) is 5.69 Å². The number of aliphatic imine (C=N–C) groups is 2. The first-order valence-electron chi connectivity index (χ1n) is 4.72. The summed E-state index contributed by atoms with van der Waals surface area (Å²) in [6.07, 6.45) is 5.08. The third kappa shape index (κ3) is 4.57. The molecule has 0 unspecified atom stereocenters. The quantitative estimate of drug-likeness (QED) is 0.383. The SMILES string of the molecule is C#CCOc1cccc(N=C(N)N=C(N)N)c1. The van der Waals surface area contributed by atoms with Gasteiger partial charge in [-0.3, -0.25) is 0 Å². The summed E-state index contributed by atoms with van der Waals surface area (Å²) in [6, 6.07) is 6.92. The van der Waals surface area contributed by atoms with Crippen molar-refractivity contribution in [3.05, 3.63) is 24.3 Å². The van der Waals surface area contributed by atoms with E-state index in [9.17, 15) is 0 Å². The van der Waals surface area contributed by atoms with Gasteiger partial charge in [0.15, 0.2) is 5.96 Å². The molecule has 6 heteroatoms. The topological polar surface area (TPSA) is 112 Å². The molecular weight excluding hydrogens is 218 g/mol. The molecule has 0 bridgehead atoms. The van der Waals surface area contributed by atoms with Crippen molar-refractivity contribution in [2.24, 2.45) is 27.2 Å². The summed E-state index contributed by atoms with van der Waals surface area (Å²) < 4.78 is 5.23. The lowest BCUT2D eigenvalue weighted by atomic mass is 10.3. The Morgan fingerprint density at radius 2 is 2.12 bits per heavy atom. The number of benzene rings is 1. The van der Waals surface area contributed by atoms with Crippen molar-refractivity contribution in [3.63, 3.8) is 0 Å². The van der Waals surface area contributed by atoms with E-state index in [1.54, 1.807) is 24.3 Å². The largest absolute Gasteiger partial charge is 0.481 e. The third-order valence-electron chi connectivity index (χ3n) is 1.63. The van der Waals surface area contributed by atoms with Gasteiger partial charge in [0.2, 0.25) is 5.96 Å². The molecule has 6 nitrogen and oxygen atoms in total. The molecule has 0 saturated carbocycles. The number of hydrogen-bond acceptors (Lipinski definition) is 2. The maximum Gasteiger partial charge on any atom is 0.223 e. The standard InChI is InChI=1S/C11H13N5O/c1-2-6-17-9-5-3-4-8(7-9)15-11(14)16-10(12)13/h1,3-5,7H,6H2,(H6,12,13,14,15,16). The molecule has 0 saturated heterocycles. The molecule has 17 heavy (non-hydrogen) atoms. The first-order chi connectivity index (χ1) is 8.11. The predicted molar refractivity (Wildman–Crippen MR) is 67.9 cm³/mol. The van der Waals surface area contributed by atoms with Gasteiger partial charge >= 0.3 is 0 Å². The number of ether oxygens (including phenoxy) is 1. The van der Waals surface area contributed by atoms with Gasteiger partial charge in [0.1, 0.15) is 12.4 Å². The van der Waals surface area contributed by atoms with Crippen molar-refractivity contribution < 1.29 is 4.74 Å². The zero-order valence-corrected chi connectivity index (χ0v) is 9.13. The molecule has 0 aliphatic rings. The van der Waals surface area contributed by atoms with Crippen LogP contribution in [0.5, 0.6) is 5.75 Å². The molecule has 0 heterocycles. The fourth-order valence-corrected chi connectivity index (χ4v) is 1.06. The maximum atomic E-state index is 5.49. The number of nitrogens with two attached hydrogens (primary N) is 3. The molecule has 0 atom stereocenters. The second-order valence-electron chi connectivity index (χ2n) is 3.00. The summed E-state index contributed by atoms with van der Waals surface area (Å²) >= 11 is 0. The molecule has 0 aliphatic heterocycles. The Morgan fingerprint density at radius 1 is 1.35 bits per heavy atom. The van der Waals surface area contributed by atoms with Crippen LogP contribution in [0.1, 0.15) is 0 Å². The van der Waals surface area contributed by atoms with Crippen LogP contribution >= 0.6 is 0 Å². The van der Waals surface area contributed by atoms with Crippen LogP contribution < -0.4 is 21.9 Å². The zero-order chi connectivity index (χ0) is 12.7. The van der Waals surface area contributed by atoms with Crippen molar-refractivity contribution in [3.8, 4) is 18.1 Å². The molecule has 0 aromatic heterocycles. The molecule has 1 rings (SSSR count). The molecule has 0 amide bonds. The summed E-state index contributed by atoms with van der Waals surface area (Å²) in [5.41, 5.74) is 16.4. The Hall–Kier alpha value is -2.68. The van der Waals surface area contributed by atoms with E-state index in [1.807, 2.05) is 0 Å². The molecule has 6 N–H and O–H groups in total. The minimum absolute atomic E-state index is 0.0286. The molecule has 0 aliphatic carbocycles. The number of hydrogen-bond donors (Lipinski definition) is 3. The van der Waals surface area contributed by atoms with E-state index in [1.165, 1.54) is 0 Å². The molecular formula is C11H13N5O. The van der Waals surface area contributed by atoms with Crippen LogP contribution in [0.3, 0.4) is 0 Å².